The van der Waals surface area contributed by atoms with Crippen molar-refractivity contribution >= 4 is 33.4 Å². The molecule has 0 spiro atoms. The number of ether oxygens (including phenoxy) is 1. The molecular formula is C10H11BrClNO3. The Morgan fingerprint density at radius 2 is 2.19 bits per heavy atom. The highest BCUT2D eigenvalue weighted by Gasteiger charge is 2.30. The third-order valence-corrected chi connectivity index (χ3v) is 2.70. The summed E-state index contributed by atoms with van der Waals surface area (Å²) in [5.41, 5.74) is 0.338. The predicted octanol–water partition coefficient (Wildman–Crippen LogP) is 2.77. The first-order valence-electron chi connectivity index (χ1n) is 4.45. The van der Waals surface area contributed by atoms with E-state index >= 15 is 0 Å². The van der Waals surface area contributed by atoms with Gasteiger partial charge >= 0.3 is 0 Å². The van der Waals surface area contributed by atoms with Gasteiger partial charge in [0.05, 0.1) is 5.02 Å². The van der Waals surface area contributed by atoms with Gasteiger partial charge in [-0.15, -0.1) is 0 Å². The first-order valence-corrected chi connectivity index (χ1v) is 5.62. The van der Waals surface area contributed by atoms with Gasteiger partial charge in [0.1, 0.15) is 5.75 Å². The summed E-state index contributed by atoms with van der Waals surface area (Å²) in [7, 11) is 0. The molecule has 16 heavy (non-hydrogen) atoms. The Labute approximate surface area is 107 Å². The van der Waals surface area contributed by atoms with Crippen LogP contribution in [0.5, 0.6) is 5.75 Å². The molecule has 1 aromatic rings. The molecule has 0 fully saturated rings. The molecule has 1 rings (SSSR count). The van der Waals surface area contributed by atoms with Gasteiger partial charge < -0.3 is 4.74 Å². The number of hydrogen-bond acceptors (Lipinski definition) is 3. The van der Waals surface area contributed by atoms with Crippen molar-refractivity contribution in [3.63, 3.8) is 0 Å². The van der Waals surface area contributed by atoms with Crippen molar-refractivity contribution in [2.75, 3.05) is 0 Å². The second-order valence-corrected chi connectivity index (χ2v) is 4.95. The summed E-state index contributed by atoms with van der Waals surface area (Å²) in [6.07, 6.45) is 0. The fourth-order valence-electron chi connectivity index (χ4n) is 1.01. The molecule has 1 aromatic carbocycles. The summed E-state index contributed by atoms with van der Waals surface area (Å²) >= 11 is 9.19. The van der Waals surface area contributed by atoms with E-state index in [4.69, 9.17) is 21.5 Å². The number of rotatable bonds is 3. The van der Waals surface area contributed by atoms with E-state index in [0.29, 0.717) is 10.8 Å². The lowest BCUT2D eigenvalue weighted by atomic mass is 10.1. The lowest BCUT2D eigenvalue weighted by Gasteiger charge is -2.24. The number of halogens is 2. The van der Waals surface area contributed by atoms with Gasteiger partial charge in [-0.05, 0) is 32.0 Å². The number of carbonyl (C=O) groups is 1. The third kappa shape index (κ3) is 3.10. The van der Waals surface area contributed by atoms with Crippen LogP contribution in [-0.2, 0) is 4.79 Å². The van der Waals surface area contributed by atoms with E-state index in [1.807, 2.05) is 0 Å². The van der Waals surface area contributed by atoms with Gasteiger partial charge in [-0.1, -0.05) is 27.5 Å². The zero-order valence-electron chi connectivity index (χ0n) is 8.75. The van der Waals surface area contributed by atoms with Crippen LogP contribution >= 0.6 is 27.5 Å². The number of benzene rings is 1. The van der Waals surface area contributed by atoms with Crippen molar-refractivity contribution < 1.29 is 14.7 Å². The molecule has 6 heteroatoms. The maximum atomic E-state index is 11.3. The quantitative estimate of drug-likeness (QED) is 0.667. The molecule has 0 aliphatic rings. The van der Waals surface area contributed by atoms with Crippen LogP contribution in [0.15, 0.2) is 22.7 Å². The number of hydrogen-bond donors (Lipinski definition) is 2. The first-order chi connectivity index (χ1) is 7.36. The van der Waals surface area contributed by atoms with E-state index in [1.54, 1.807) is 23.7 Å². The fraction of sp³-hybridized carbons (Fsp3) is 0.300. The molecule has 0 saturated heterocycles. The number of hydroxylamine groups is 1. The summed E-state index contributed by atoms with van der Waals surface area (Å²) in [6.45, 7) is 3.05. The van der Waals surface area contributed by atoms with Gasteiger partial charge in [-0.3, -0.25) is 10.0 Å². The second-order valence-electron chi connectivity index (χ2n) is 3.63. The van der Waals surface area contributed by atoms with Crippen LogP contribution in [-0.4, -0.2) is 16.7 Å². The van der Waals surface area contributed by atoms with Crippen molar-refractivity contribution in [1.29, 1.82) is 0 Å². The van der Waals surface area contributed by atoms with Crippen molar-refractivity contribution in [2.24, 2.45) is 0 Å². The average Bonchev–Trinajstić information content (AvgIpc) is 2.21. The molecule has 0 radical (unpaired) electrons. The zero-order chi connectivity index (χ0) is 12.3. The summed E-state index contributed by atoms with van der Waals surface area (Å²) in [4.78, 5) is 11.3. The van der Waals surface area contributed by atoms with Crippen LogP contribution in [0.3, 0.4) is 0 Å². The largest absolute Gasteiger partial charge is 0.476 e. The topological polar surface area (TPSA) is 58.6 Å². The fourth-order valence-corrected chi connectivity index (χ4v) is 1.73. The monoisotopic (exact) mass is 307 g/mol. The standard InChI is InChI=1S/C10H11BrClNO3/c1-10(2,9(14)13-15)16-8-4-3-6(11)5-7(8)12/h3-5,15H,1-2H3,(H,13,14). The SMILES string of the molecule is CC(C)(Oc1ccc(Br)cc1Cl)C(=O)NO. The summed E-state index contributed by atoms with van der Waals surface area (Å²) in [5, 5.41) is 8.92. The number of nitrogens with one attached hydrogen (secondary N) is 1. The van der Waals surface area contributed by atoms with Crippen LogP contribution in [0.2, 0.25) is 5.02 Å². The Bertz CT molecular complexity index is 409. The van der Waals surface area contributed by atoms with Crippen LogP contribution < -0.4 is 10.2 Å². The van der Waals surface area contributed by atoms with Gasteiger partial charge in [0, 0.05) is 4.47 Å². The first kappa shape index (κ1) is 13.3. The predicted molar refractivity (Wildman–Crippen MR) is 63.8 cm³/mol. The highest BCUT2D eigenvalue weighted by Crippen LogP contribution is 2.30. The Kier molecular flexibility index (Phi) is 4.18. The van der Waals surface area contributed by atoms with Crippen molar-refractivity contribution in [2.45, 2.75) is 19.4 Å². The zero-order valence-corrected chi connectivity index (χ0v) is 11.1. The molecule has 0 bridgehead atoms. The molecule has 0 unspecified atom stereocenters. The lowest BCUT2D eigenvalue weighted by Crippen LogP contribution is -2.45. The van der Waals surface area contributed by atoms with Crippen LogP contribution in [0.4, 0.5) is 0 Å². The Morgan fingerprint density at radius 1 is 1.56 bits per heavy atom. The second kappa shape index (κ2) is 5.03. The van der Waals surface area contributed by atoms with E-state index < -0.39 is 11.5 Å². The molecular weight excluding hydrogens is 297 g/mol. The van der Waals surface area contributed by atoms with Gasteiger partial charge in [0.2, 0.25) is 0 Å². The van der Waals surface area contributed by atoms with E-state index in [-0.39, 0.29) is 0 Å². The van der Waals surface area contributed by atoms with Gasteiger partial charge in [0.15, 0.2) is 5.60 Å². The molecule has 0 atom stereocenters. The van der Waals surface area contributed by atoms with Gasteiger partial charge in [0.25, 0.3) is 5.91 Å². The van der Waals surface area contributed by atoms with E-state index in [1.165, 1.54) is 13.8 Å². The third-order valence-electron chi connectivity index (χ3n) is 1.91. The van der Waals surface area contributed by atoms with Crippen LogP contribution in [0, 0.1) is 0 Å². The molecule has 0 aliphatic carbocycles. The minimum atomic E-state index is -1.20. The van der Waals surface area contributed by atoms with E-state index in [0.717, 1.165) is 4.47 Å². The molecule has 4 nitrogen and oxygen atoms in total. The Balaban J connectivity index is 2.92. The van der Waals surface area contributed by atoms with E-state index in [9.17, 15) is 4.79 Å². The Hall–Kier alpha value is -0.780. The molecule has 88 valence electrons. The van der Waals surface area contributed by atoms with Gasteiger partial charge in [-0.25, -0.2) is 5.48 Å². The van der Waals surface area contributed by atoms with Crippen LogP contribution in [0.1, 0.15) is 13.8 Å². The highest BCUT2D eigenvalue weighted by molar-refractivity contribution is 9.10. The normalized spacial score (nSPS) is 11.1. The van der Waals surface area contributed by atoms with Crippen molar-refractivity contribution in [3.05, 3.63) is 27.7 Å². The molecule has 0 aromatic heterocycles. The van der Waals surface area contributed by atoms with Gasteiger partial charge in [-0.2, -0.15) is 0 Å². The molecule has 2 N–H and O–H groups in total. The molecule has 0 heterocycles. The summed E-state index contributed by atoms with van der Waals surface area (Å²) in [5.74, 6) is -0.273. The van der Waals surface area contributed by atoms with Crippen LogP contribution in [0.25, 0.3) is 0 Å². The smallest absolute Gasteiger partial charge is 0.286 e. The Morgan fingerprint density at radius 3 is 2.69 bits per heavy atom. The molecule has 0 saturated carbocycles. The number of carbonyl (C=O) groups excluding carboxylic acids is 1. The lowest BCUT2D eigenvalue weighted by molar-refractivity contribution is -0.143. The molecule has 1 amide bonds. The summed E-state index contributed by atoms with van der Waals surface area (Å²) in [6, 6.07) is 5.04. The maximum Gasteiger partial charge on any atom is 0.286 e. The number of amides is 1. The van der Waals surface area contributed by atoms with Crippen molar-refractivity contribution in [3.8, 4) is 5.75 Å². The van der Waals surface area contributed by atoms with Crippen molar-refractivity contribution in [1.82, 2.24) is 5.48 Å². The molecule has 0 aliphatic heterocycles. The minimum absolute atomic E-state index is 0.374. The maximum absolute atomic E-state index is 11.3. The minimum Gasteiger partial charge on any atom is -0.476 e. The average molecular weight is 309 g/mol. The summed E-state index contributed by atoms with van der Waals surface area (Å²) < 4.78 is 6.23. The van der Waals surface area contributed by atoms with E-state index in [2.05, 4.69) is 15.9 Å². The highest BCUT2D eigenvalue weighted by atomic mass is 79.9.